The SMILES string of the molecule is CCOC(=O)C1(c2ccc(F)cc2)CCC1. The van der Waals surface area contributed by atoms with Crippen molar-refractivity contribution in [2.75, 3.05) is 6.61 Å². The van der Waals surface area contributed by atoms with Gasteiger partial charge in [-0.2, -0.15) is 0 Å². The van der Waals surface area contributed by atoms with Crippen LogP contribution in [0.1, 0.15) is 31.7 Å². The monoisotopic (exact) mass is 222 g/mol. The molecule has 0 unspecified atom stereocenters. The second-order valence-electron chi connectivity index (χ2n) is 4.16. The number of carbonyl (C=O) groups excluding carboxylic acids is 1. The second-order valence-corrected chi connectivity index (χ2v) is 4.16. The van der Waals surface area contributed by atoms with E-state index in [0.717, 1.165) is 24.8 Å². The third kappa shape index (κ3) is 1.70. The molecule has 1 aromatic carbocycles. The Labute approximate surface area is 94.4 Å². The molecule has 0 spiro atoms. The van der Waals surface area contributed by atoms with Crippen LogP contribution in [0.3, 0.4) is 0 Å². The molecule has 1 fully saturated rings. The first-order valence-corrected chi connectivity index (χ1v) is 5.62. The van der Waals surface area contributed by atoms with Crippen molar-refractivity contribution in [2.24, 2.45) is 0 Å². The molecule has 0 atom stereocenters. The lowest BCUT2D eigenvalue weighted by molar-refractivity contribution is -0.153. The molecular weight excluding hydrogens is 207 g/mol. The summed E-state index contributed by atoms with van der Waals surface area (Å²) in [7, 11) is 0. The van der Waals surface area contributed by atoms with Crippen molar-refractivity contribution in [1.82, 2.24) is 0 Å². The molecule has 16 heavy (non-hydrogen) atoms. The number of benzene rings is 1. The van der Waals surface area contributed by atoms with E-state index in [2.05, 4.69) is 0 Å². The minimum Gasteiger partial charge on any atom is -0.465 e. The van der Waals surface area contributed by atoms with E-state index in [0.29, 0.717) is 6.61 Å². The number of esters is 1. The molecule has 0 aliphatic heterocycles. The normalized spacial score (nSPS) is 17.6. The van der Waals surface area contributed by atoms with Crippen LogP contribution in [0, 0.1) is 5.82 Å². The number of hydrogen-bond donors (Lipinski definition) is 0. The van der Waals surface area contributed by atoms with Gasteiger partial charge < -0.3 is 4.74 Å². The predicted octanol–water partition coefficient (Wildman–Crippen LogP) is 2.81. The van der Waals surface area contributed by atoms with Crippen molar-refractivity contribution in [3.05, 3.63) is 35.6 Å². The molecule has 3 heteroatoms. The average Bonchev–Trinajstić information content (AvgIpc) is 2.19. The molecule has 1 aliphatic rings. The number of halogens is 1. The highest BCUT2D eigenvalue weighted by Crippen LogP contribution is 2.44. The van der Waals surface area contributed by atoms with Gasteiger partial charge in [-0.15, -0.1) is 0 Å². The number of rotatable bonds is 3. The zero-order valence-electron chi connectivity index (χ0n) is 9.33. The van der Waals surface area contributed by atoms with Crippen LogP contribution in [0.5, 0.6) is 0 Å². The van der Waals surface area contributed by atoms with Crippen LogP contribution >= 0.6 is 0 Å². The van der Waals surface area contributed by atoms with Crippen LogP contribution in [0.4, 0.5) is 4.39 Å². The number of ether oxygens (including phenoxy) is 1. The lowest BCUT2D eigenvalue weighted by Gasteiger charge is -2.39. The molecule has 2 rings (SSSR count). The maximum atomic E-state index is 12.8. The molecule has 1 aliphatic carbocycles. The van der Waals surface area contributed by atoms with E-state index < -0.39 is 5.41 Å². The fourth-order valence-electron chi connectivity index (χ4n) is 2.18. The number of carbonyl (C=O) groups is 1. The molecule has 2 nitrogen and oxygen atoms in total. The fourth-order valence-corrected chi connectivity index (χ4v) is 2.18. The molecule has 0 aromatic heterocycles. The third-order valence-electron chi connectivity index (χ3n) is 3.27. The van der Waals surface area contributed by atoms with E-state index in [4.69, 9.17) is 4.74 Å². The van der Waals surface area contributed by atoms with Gasteiger partial charge in [-0.25, -0.2) is 4.39 Å². The van der Waals surface area contributed by atoms with Gasteiger partial charge in [0.1, 0.15) is 5.82 Å². The summed E-state index contributed by atoms with van der Waals surface area (Å²) >= 11 is 0. The van der Waals surface area contributed by atoms with Gasteiger partial charge in [0.2, 0.25) is 0 Å². The Hall–Kier alpha value is -1.38. The fraction of sp³-hybridized carbons (Fsp3) is 0.462. The van der Waals surface area contributed by atoms with Crippen LogP contribution in [0.15, 0.2) is 24.3 Å². The summed E-state index contributed by atoms with van der Waals surface area (Å²) < 4.78 is 17.9. The summed E-state index contributed by atoms with van der Waals surface area (Å²) in [5, 5.41) is 0. The van der Waals surface area contributed by atoms with E-state index in [1.165, 1.54) is 12.1 Å². The van der Waals surface area contributed by atoms with Crippen molar-refractivity contribution in [1.29, 1.82) is 0 Å². The Morgan fingerprint density at radius 3 is 2.44 bits per heavy atom. The lowest BCUT2D eigenvalue weighted by Crippen LogP contribution is -2.43. The summed E-state index contributed by atoms with van der Waals surface area (Å²) in [6.07, 6.45) is 2.63. The largest absolute Gasteiger partial charge is 0.465 e. The van der Waals surface area contributed by atoms with Gasteiger partial charge in [-0.1, -0.05) is 18.6 Å². The minimum atomic E-state index is -0.510. The van der Waals surface area contributed by atoms with Crippen LogP contribution in [-0.4, -0.2) is 12.6 Å². The van der Waals surface area contributed by atoms with Crippen molar-refractivity contribution in [2.45, 2.75) is 31.6 Å². The predicted molar refractivity (Wildman–Crippen MR) is 58.6 cm³/mol. The maximum absolute atomic E-state index is 12.8. The Bertz CT molecular complexity index is 379. The van der Waals surface area contributed by atoms with Crippen LogP contribution < -0.4 is 0 Å². The van der Waals surface area contributed by atoms with Crippen molar-refractivity contribution in [3.8, 4) is 0 Å². The standard InChI is InChI=1S/C13H15FO2/c1-2-16-12(15)13(8-3-9-13)10-4-6-11(14)7-5-10/h4-7H,2-3,8-9H2,1H3. The summed E-state index contributed by atoms with van der Waals surface area (Å²) in [6.45, 7) is 2.19. The van der Waals surface area contributed by atoms with E-state index in [9.17, 15) is 9.18 Å². The quantitative estimate of drug-likeness (QED) is 0.735. The lowest BCUT2D eigenvalue weighted by atomic mass is 9.64. The van der Waals surface area contributed by atoms with E-state index >= 15 is 0 Å². The van der Waals surface area contributed by atoms with Gasteiger partial charge in [0.05, 0.1) is 12.0 Å². The number of hydrogen-bond acceptors (Lipinski definition) is 2. The smallest absolute Gasteiger partial charge is 0.316 e. The van der Waals surface area contributed by atoms with Gasteiger partial charge >= 0.3 is 5.97 Å². The molecule has 1 saturated carbocycles. The summed E-state index contributed by atoms with van der Waals surface area (Å²) in [5.41, 5.74) is 0.363. The van der Waals surface area contributed by atoms with Crippen molar-refractivity contribution in [3.63, 3.8) is 0 Å². The van der Waals surface area contributed by atoms with Gasteiger partial charge in [0, 0.05) is 0 Å². The molecule has 0 N–H and O–H groups in total. The zero-order chi connectivity index (χ0) is 11.6. The van der Waals surface area contributed by atoms with Gasteiger partial charge in [-0.05, 0) is 37.5 Å². The zero-order valence-corrected chi connectivity index (χ0v) is 9.33. The van der Waals surface area contributed by atoms with Crippen LogP contribution in [-0.2, 0) is 14.9 Å². The minimum absolute atomic E-state index is 0.173. The first-order chi connectivity index (χ1) is 7.69. The highest BCUT2D eigenvalue weighted by molar-refractivity contribution is 5.84. The third-order valence-corrected chi connectivity index (χ3v) is 3.27. The molecule has 0 amide bonds. The van der Waals surface area contributed by atoms with E-state index in [-0.39, 0.29) is 11.8 Å². The first-order valence-electron chi connectivity index (χ1n) is 5.62. The molecule has 86 valence electrons. The summed E-state index contributed by atoms with van der Waals surface area (Å²) in [5.74, 6) is -0.449. The highest BCUT2D eigenvalue weighted by atomic mass is 19.1. The van der Waals surface area contributed by atoms with E-state index in [1.807, 2.05) is 0 Å². The van der Waals surface area contributed by atoms with Crippen LogP contribution in [0.2, 0.25) is 0 Å². The van der Waals surface area contributed by atoms with E-state index in [1.54, 1.807) is 19.1 Å². The van der Waals surface area contributed by atoms with Crippen LogP contribution in [0.25, 0.3) is 0 Å². The highest BCUT2D eigenvalue weighted by Gasteiger charge is 2.46. The average molecular weight is 222 g/mol. The van der Waals surface area contributed by atoms with Gasteiger partial charge in [-0.3, -0.25) is 4.79 Å². The van der Waals surface area contributed by atoms with Crippen molar-refractivity contribution < 1.29 is 13.9 Å². The Kier molecular flexibility index (Phi) is 2.95. The summed E-state index contributed by atoms with van der Waals surface area (Å²) in [4.78, 5) is 11.9. The van der Waals surface area contributed by atoms with Gasteiger partial charge in [0.15, 0.2) is 0 Å². The second kappa shape index (κ2) is 4.24. The Balaban J connectivity index is 2.27. The Morgan fingerprint density at radius 1 is 1.38 bits per heavy atom. The van der Waals surface area contributed by atoms with Gasteiger partial charge in [0.25, 0.3) is 0 Å². The molecule has 0 radical (unpaired) electrons. The topological polar surface area (TPSA) is 26.3 Å². The molecule has 0 heterocycles. The molecular formula is C13H15FO2. The maximum Gasteiger partial charge on any atom is 0.316 e. The van der Waals surface area contributed by atoms with Crippen molar-refractivity contribution >= 4 is 5.97 Å². The molecule has 0 bridgehead atoms. The molecule has 1 aromatic rings. The molecule has 0 saturated heterocycles. The first kappa shape index (κ1) is 11.1. The summed E-state index contributed by atoms with van der Waals surface area (Å²) in [6, 6.07) is 6.17. The Morgan fingerprint density at radius 2 is 2.00 bits per heavy atom.